The van der Waals surface area contributed by atoms with E-state index in [1.807, 2.05) is 0 Å². The fourth-order valence-electron chi connectivity index (χ4n) is 1.64. The number of carbonyl (C=O) groups is 1. The third kappa shape index (κ3) is 2.66. The van der Waals surface area contributed by atoms with Gasteiger partial charge in [-0.05, 0) is 6.07 Å². The van der Waals surface area contributed by atoms with Gasteiger partial charge in [-0.2, -0.15) is 0 Å². The molecule has 0 aliphatic carbocycles. The first-order valence-corrected chi connectivity index (χ1v) is 5.44. The van der Waals surface area contributed by atoms with Crippen molar-refractivity contribution in [3.63, 3.8) is 0 Å². The average Bonchev–Trinajstić information content (AvgIpc) is 2.46. The van der Waals surface area contributed by atoms with E-state index in [0.29, 0.717) is 0 Å². The van der Waals surface area contributed by atoms with Crippen LogP contribution in [0.5, 0.6) is 0 Å². The summed E-state index contributed by atoms with van der Waals surface area (Å²) in [6, 6.07) is 11.6. The Morgan fingerprint density at radius 2 is 1.40 bits per heavy atom. The number of nitro benzene ring substituents is 2. The maximum absolute atomic E-state index is 12.1. The first kappa shape index (κ1) is 13.3. The molecule has 0 unspecified atom stereocenters. The quantitative estimate of drug-likeness (QED) is 0.482. The molecule has 0 bridgehead atoms. The standard InChI is InChI=1S/C13H7N2O5/c16-13(9-4-2-1-3-5-9)10-6-11(14(17)18)8-12(7-10)15(19)20/h2-8H. The Kier molecular flexibility index (Phi) is 3.52. The van der Waals surface area contributed by atoms with Gasteiger partial charge in [0.05, 0.1) is 15.9 Å². The lowest BCUT2D eigenvalue weighted by Crippen LogP contribution is -2.03. The molecule has 0 spiro atoms. The summed E-state index contributed by atoms with van der Waals surface area (Å²) in [4.78, 5) is 32.1. The van der Waals surface area contributed by atoms with Crippen LogP contribution in [-0.4, -0.2) is 15.6 Å². The van der Waals surface area contributed by atoms with Crippen molar-refractivity contribution in [2.75, 3.05) is 0 Å². The molecular formula is C13H7N2O5. The predicted octanol–water partition coefficient (Wildman–Crippen LogP) is 2.53. The molecule has 2 aromatic rings. The van der Waals surface area contributed by atoms with E-state index in [4.69, 9.17) is 0 Å². The summed E-state index contributed by atoms with van der Waals surface area (Å²) in [6.45, 7) is 0. The fraction of sp³-hybridized carbons (Fsp3) is 0. The lowest BCUT2D eigenvalue weighted by atomic mass is 10.0. The fourth-order valence-corrected chi connectivity index (χ4v) is 1.64. The smallest absolute Gasteiger partial charge is 0.277 e. The van der Waals surface area contributed by atoms with Gasteiger partial charge >= 0.3 is 0 Å². The minimum Gasteiger partial charge on any atom is -0.289 e. The highest BCUT2D eigenvalue weighted by atomic mass is 16.6. The summed E-state index contributed by atoms with van der Waals surface area (Å²) in [5, 5.41) is 21.5. The van der Waals surface area contributed by atoms with E-state index in [1.165, 1.54) is 24.3 Å². The number of carbonyl (C=O) groups excluding carboxylic acids is 1. The first-order valence-electron chi connectivity index (χ1n) is 5.44. The summed E-state index contributed by atoms with van der Waals surface area (Å²) < 4.78 is 0. The largest absolute Gasteiger partial charge is 0.289 e. The van der Waals surface area contributed by atoms with Gasteiger partial charge in [0.2, 0.25) is 0 Å². The van der Waals surface area contributed by atoms with Crippen LogP contribution in [0, 0.1) is 26.3 Å². The molecule has 0 aromatic heterocycles. The number of nitro groups is 2. The maximum Gasteiger partial charge on any atom is 0.277 e. The van der Waals surface area contributed by atoms with Gasteiger partial charge in [-0.1, -0.05) is 24.3 Å². The van der Waals surface area contributed by atoms with Crippen molar-refractivity contribution in [2.45, 2.75) is 0 Å². The Balaban J connectivity index is 2.53. The molecule has 2 rings (SSSR count). The van der Waals surface area contributed by atoms with Crippen LogP contribution in [0.25, 0.3) is 0 Å². The van der Waals surface area contributed by atoms with Crippen LogP contribution in [0.2, 0.25) is 0 Å². The highest BCUT2D eigenvalue weighted by molar-refractivity contribution is 6.09. The van der Waals surface area contributed by atoms with Crippen molar-refractivity contribution in [1.29, 1.82) is 0 Å². The molecule has 7 heteroatoms. The monoisotopic (exact) mass is 271 g/mol. The topological polar surface area (TPSA) is 103 Å². The Hall–Kier alpha value is -3.09. The number of ketones is 1. The minimum absolute atomic E-state index is 0.0999. The minimum atomic E-state index is -0.775. The Morgan fingerprint density at radius 3 is 1.85 bits per heavy atom. The van der Waals surface area contributed by atoms with Crippen molar-refractivity contribution < 1.29 is 14.6 Å². The molecule has 0 aliphatic heterocycles. The Morgan fingerprint density at radius 1 is 0.900 bits per heavy atom. The summed E-state index contributed by atoms with van der Waals surface area (Å²) >= 11 is 0. The summed E-state index contributed by atoms with van der Waals surface area (Å²) in [6.07, 6.45) is 0. The molecule has 0 atom stereocenters. The van der Waals surface area contributed by atoms with E-state index in [2.05, 4.69) is 6.07 Å². The lowest BCUT2D eigenvalue weighted by molar-refractivity contribution is -0.394. The van der Waals surface area contributed by atoms with Crippen LogP contribution >= 0.6 is 0 Å². The number of hydrogen-bond donors (Lipinski definition) is 0. The summed E-state index contributed by atoms with van der Waals surface area (Å²) in [5.41, 5.74) is -0.814. The van der Waals surface area contributed by atoms with Crippen LogP contribution in [0.1, 0.15) is 15.9 Å². The van der Waals surface area contributed by atoms with Crippen LogP contribution < -0.4 is 0 Å². The van der Waals surface area contributed by atoms with Gasteiger partial charge in [0.25, 0.3) is 11.4 Å². The number of rotatable bonds is 4. The predicted molar refractivity (Wildman–Crippen MR) is 68.5 cm³/mol. The first-order chi connectivity index (χ1) is 9.49. The van der Waals surface area contributed by atoms with Crippen molar-refractivity contribution in [3.05, 3.63) is 79.9 Å². The van der Waals surface area contributed by atoms with Crippen LogP contribution in [0.3, 0.4) is 0 Å². The van der Waals surface area contributed by atoms with E-state index < -0.39 is 27.0 Å². The lowest BCUT2D eigenvalue weighted by Gasteiger charge is -2.01. The zero-order valence-electron chi connectivity index (χ0n) is 9.98. The van der Waals surface area contributed by atoms with Crippen LogP contribution in [0.4, 0.5) is 11.4 Å². The second kappa shape index (κ2) is 5.27. The zero-order valence-corrected chi connectivity index (χ0v) is 9.98. The van der Waals surface area contributed by atoms with E-state index in [9.17, 15) is 25.0 Å². The molecule has 20 heavy (non-hydrogen) atoms. The molecule has 0 fully saturated rings. The van der Waals surface area contributed by atoms with E-state index in [0.717, 1.165) is 18.2 Å². The SMILES string of the molecule is O=C(c1cc[c]cc1)c1cc([N+](=O)[O-])cc([N+](=O)[O-])c1. The molecule has 2 aromatic carbocycles. The van der Waals surface area contributed by atoms with E-state index in [-0.39, 0.29) is 11.1 Å². The van der Waals surface area contributed by atoms with Crippen molar-refractivity contribution in [2.24, 2.45) is 0 Å². The summed E-state index contributed by atoms with van der Waals surface area (Å²) in [5.74, 6) is -0.522. The molecule has 7 nitrogen and oxygen atoms in total. The Bertz CT molecular complexity index is 665. The van der Waals surface area contributed by atoms with Gasteiger partial charge < -0.3 is 0 Å². The van der Waals surface area contributed by atoms with Crippen molar-refractivity contribution in [1.82, 2.24) is 0 Å². The highest BCUT2D eigenvalue weighted by Crippen LogP contribution is 2.24. The van der Waals surface area contributed by atoms with Crippen molar-refractivity contribution >= 4 is 17.2 Å². The van der Waals surface area contributed by atoms with E-state index in [1.54, 1.807) is 0 Å². The molecule has 99 valence electrons. The van der Waals surface area contributed by atoms with Gasteiger partial charge in [-0.25, -0.2) is 0 Å². The second-order valence-corrected chi connectivity index (χ2v) is 3.87. The van der Waals surface area contributed by atoms with Gasteiger partial charge in [0.1, 0.15) is 0 Å². The number of non-ortho nitro benzene ring substituents is 2. The maximum atomic E-state index is 12.1. The molecule has 0 saturated heterocycles. The van der Waals surface area contributed by atoms with Crippen LogP contribution in [0.15, 0.2) is 42.5 Å². The molecule has 0 heterocycles. The third-order valence-electron chi connectivity index (χ3n) is 2.57. The second-order valence-electron chi connectivity index (χ2n) is 3.87. The molecule has 0 amide bonds. The Labute approximate surface area is 112 Å². The molecule has 0 N–H and O–H groups in total. The molecule has 0 aliphatic rings. The number of hydrogen-bond acceptors (Lipinski definition) is 5. The third-order valence-corrected chi connectivity index (χ3v) is 2.57. The zero-order chi connectivity index (χ0) is 14.7. The van der Waals surface area contributed by atoms with Gasteiger partial charge in [0, 0.05) is 23.3 Å². The molecule has 0 saturated carbocycles. The normalized spacial score (nSPS) is 10.0. The van der Waals surface area contributed by atoms with Gasteiger partial charge in [-0.3, -0.25) is 25.0 Å². The van der Waals surface area contributed by atoms with E-state index >= 15 is 0 Å². The van der Waals surface area contributed by atoms with Gasteiger partial charge in [-0.15, -0.1) is 0 Å². The molecular weight excluding hydrogens is 264 g/mol. The van der Waals surface area contributed by atoms with Crippen molar-refractivity contribution in [3.8, 4) is 0 Å². The average molecular weight is 271 g/mol. The number of nitrogens with zero attached hydrogens (tertiary/aromatic N) is 2. The van der Waals surface area contributed by atoms with Crippen LogP contribution in [-0.2, 0) is 0 Å². The van der Waals surface area contributed by atoms with Gasteiger partial charge in [0.15, 0.2) is 5.78 Å². The highest BCUT2D eigenvalue weighted by Gasteiger charge is 2.20. The molecule has 1 radical (unpaired) electrons. The number of benzene rings is 2. The summed E-state index contributed by atoms with van der Waals surface area (Å²) in [7, 11) is 0.